The number of rotatable bonds is 10. The fraction of sp³-hybridized carbons (Fsp3) is 0.615. The van der Waals surface area contributed by atoms with Gasteiger partial charge in [0.15, 0.2) is 11.7 Å². The Kier molecular flexibility index (Phi) is 8.53. The van der Waals surface area contributed by atoms with E-state index in [1.54, 1.807) is 6.92 Å². The zero-order valence-corrected chi connectivity index (χ0v) is 21.1. The van der Waals surface area contributed by atoms with E-state index in [0.717, 1.165) is 0 Å². The van der Waals surface area contributed by atoms with Crippen LogP contribution in [0.4, 0.5) is 4.79 Å². The molecule has 24 heteroatoms. The predicted octanol–water partition coefficient (Wildman–Crippen LogP) is -2.17. The first-order chi connectivity index (χ1) is 17.0. The SMILES string of the molecule is CCCc1nn(C(N)=O)c2c(=O)n(C3OC(COP(=O)(O)OP(=O)(O)OP(=O)(O)O)C(O)C3O)nnc12. The Morgan fingerprint density at radius 3 is 2.32 bits per heavy atom. The summed E-state index contributed by atoms with van der Waals surface area (Å²) in [6, 6.07) is -1.12. The van der Waals surface area contributed by atoms with Crippen molar-refractivity contribution < 1.29 is 66.2 Å². The highest BCUT2D eigenvalue weighted by atomic mass is 31.3. The molecule has 208 valence electrons. The van der Waals surface area contributed by atoms with E-state index in [9.17, 15) is 38.4 Å². The minimum atomic E-state index is -5.79. The van der Waals surface area contributed by atoms with Crippen LogP contribution in [0, 0.1) is 0 Å². The topological polar surface area (TPSA) is 318 Å². The van der Waals surface area contributed by atoms with Gasteiger partial charge in [-0.3, -0.25) is 9.32 Å². The van der Waals surface area contributed by atoms with Gasteiger partial charge in [0.25, 0.3) is 5.56 Å². The molecule has 1 aliphatic heterocycles. The van der Waals surface area contributed by atoms with Crippen LogP contribution in [0.2, 0.25) is 0 Å². The average molecular weight is 594 g/mol. The molecule has 0 bridgehead atoms. The first kappa shape index (κ1) is 29.6. The minimum Gasteiger partial charge on any atom is -0.387 e. The summed E-state index contributed by atoms with van der Waals surface area (Å²) < 4.78 is 51.8. The van der Waals surface area contributed by atoms with Gasteiger partial charge in [0, 0.05) is 0 Å². The molecule has 0 radical (unpaired) electrons. The number of hydrogen-bond donors (Lipinski definition) is 7. The van der Waals surface area contributed by atoms with E-state index in [-0.39, 0.29) is 11.2 Å². The number of amides is 1. The average Bonchev–Trinajstić information content (AvgIpc) is 3.24. The third-order valence-corrected chi connectivity index (χ3v) is 8.48. The molecule has 0 aliphatic carbocycles. The maximum absolute atomic E-state index is 13.1. The van der Waals surface area contributed by atoms with Gasteiger partial charge in [0.2, 0.25) is 0 Å². The van der Waals surface area contributed by atoms with E-state index >= 15 is 0 Å². The molecule has 1 fully saturated rings. The Labute approximate surface area is 204 Å². The number of aromatic nitrogens is 5. The van der Waals surface area contributed by atoms with Crippen LogP contribution in [-0.4, -0.2) is 85.5 Å². The summed E-state index contributed by atoms with van der Waals surface area (Å²) >= 11 is 0. The number of aliphatic hydroxyl groups is 2. The van der Waals surface area contributed by atoms with Crippen molar-refractivity contribution in [1.29, 1.82) is 0 Å². The predicted molar refractivity (Wildman–Crippen MR) is 114 cm³/mol. The molecule has 2 aromatic heterocycles. The molecule has 1 amide bonds. The van der Waals surface area contributed by atoms with Gasteiger partial charge in [-0.25, -0.2) is 18.5 Å². The quantitative estimate of drug-likeness (QED) is 0.144. The Morgan fingerprint density at radius 2 is 1.76 bits per heavy atom. The van der Waals surface area contributed by atoms with Crippen molar-refractivity contribution in [2.75, 3.05) is 6.61 Å². The number of aryl methyl sites for hydroxylation is 1. The lowest BCUT2D eigenvalue weighted by Gasteiger charge is -2.19. The summed E-state index contributed by atoms with van der Waals surface area (Å²) in [6.07, 6.45) is -6.40. The van der Waals surface area contributed by atoms with Crippen molar-refractivity contribution in [3.63, 3.8) is 0 Å². The number of primary amides is 1. The minimum absolute atomic E-state index is 0.0425. The molecule has 0 saturated carbocycles. The van der Waals surface area contributed by atoms with E-state index in [1.807, 2.05) is 0 Å². The number of nitrogens with two attached hydrogens (primary N) is 1. The van der Waals surface area contributed by atoms with E-state index in [1.165, 1.54) is 0 Å². The van der Waals surface area contributed by atoms with E-state index in [4.69, 9.17) is 25.2 Å². The third-order valence-electron chi connectivity index (χ3n) is 4.67. The van der Waals surface area contributed by atoms with Crippen molar-refractivity contribution in [1.82, 2.24) is 24.8 Å². The zero-order valence-electron chi connectivity index (χ0n) is 18.4. The van der Waals surface area contributed by atoms with Gasteiger partial charge in [0.1, 0.15) is 23.8 Å². The second-order valence-corrected chi connectivity index (χ2v) is 11.8. The number of hydrogen-bond acceptors (Lipinski definition) is 14. The van der Waals surface area contributed by atoms with Crippen LogP contribution in [0.3, 0.4) is 0 Å². The van der Waals surface area contributed by atoms with Crippen LogP contribution in [0.1, 0.15) is 25.3 Å². The number of nitrogens with zero attached hydrogens (tertiary/aromatic N) is 5. The first-order valence-corrected chi connectivity index (χ1v) is 14.5. The van der Waals surface area contributed by atoms with Crippen molar-refractivity contribution in [2.24, 2.45) is 5.73 Å². The molecule has 21 nitrogen and oxygen atoms in total. The van der Waals surface area contributed by atoms with Gasteiger partial charge in [-0.05, 0) is 6.42 Å². The third kappa shape index (κ3) is 6.73. The number of fused-ring (bicyclic) bond motifs is 1. The van der Waals surface area contributed by atoms with Crippen LogP contribution in [-0.2, 0) is 38.0 Å². The maximum Gasteiger partial charge on any atom is 0.490 e. The monoisotopic (exact) mass is 594 g/mol. The van der Waals surface area contributed by atoms with Gasteiger partial charge in [-0.15, -0.1) is 5.10 Å². The number of phosphoric acid groups is 3. The first-order valence-electron chi connectivity index (χ1n) is 9.93. The standard InChI is InChI=1S/C13H21N6O15P3/c1-2-3-5-7-8(18(16-5)13(14)23)11(22)19(17-15-7)12-10(21)9(20)6(32-12)4-31-36(27,28)34-37(29,30)33-35(24,25)26/h6,9-10,12,20-21H,2-4H2,1H3,(H2,14,23)(H,27,28)(H,29,30)(H2,24,25,26). The van der Waals surface area contributed by atoms with Crippen LogP contribution in [0.25, 0.3) is 11.0 Å². The molecule has 8 N–H and O–H groups in total. The Morgan fingerprint density at radius 1 is 1.11 bits per heavy atom. The van der Waals surface area contributed by atoms with Gasteiger partial charge in [-0.1, -0.05) is 18.6 Å². The molecule has 1 aliphatic rings. The molecular formula is C13H21N6O15P3. The van der Waals surface area contributed by atoms with Crippen LogP contribution < -0.4 is 11.3 Å². The Balaban J connectivity index is 1.82. The van der Waals surface area contributed by atoms with Crippen LogP contribution >= 0.6 is 23.5 Å². The van der Waals surface area contributed by atoms with Crippen molar-refractivity contribution in [3.8, 4) is 0 Å². The highest BCUT2D eigenvalue weighted by Crippen LogP contribution is 2.66. The molecule has 1 saturated heterocycles. The summed E-state index contributed by atoms with van der Waals surface area (Å²) in [5.74, 6) is 0. The highest BCUT2D eigenvalue weighted by molar-refractivity contribution is 7.66. The fourth-order valence-electron chi connectivity index (χ4n) is 3.26. The van der Waals surface area contributed by atoms with E-state index < -0.39 is 71.7 Å². The molecular weight excluding hydrogens is 573 g/mol. The van der Waals surface area contributed by atoms with Gasteiger partial charge in [-0.2, -0.15) is 23.1 Å². The maximum atomic E-state index is 13.1. The largest absolute Gasteiger partial charge is 0.490 e. The van der Waals surface area contributed by atoms with Crippen molar-refractivity contribution in [2.45, 2.75) is 44.3 Å². The van der Waals surface area contributed by atoms with Gasteiger partial charge in [0.05, 0.1) is 12.3 Å². The van der Waals surface area contributed by atoms with Crippen LogP contribution in [0.5, 0.6) is 0 Å². The molecule has 6 atom stereocenters. The molecule has 0 aromatic carbocycles. The Hall–Kier alpha value is -1.96. The summed E-state index contributed by atoms with van der Waals surface area (Å²) in [5, 5.41) is 32.0. The number of carbonyl (C=O) groups excluding carboxylic acids is 1. The second kappa shape index (κ2) is 10.7. The number of aliphatic hydroxyl groups excluding tert-OH is 2. The molecule has 3 heterocycles. The number of carbonyl (C=O) groups is 1. The summed E-state index contributed by atoms with van der Waals surface area (Å²) in [7, 11) is -17.0. The summed E-state index contributed by atoms with van der Waals surface area (Å²) in [4.78, 5) is 60.6. The van der Waals surface area contributed by atoms with Crippen molar-refractivity contribution in [3.05, 3.63) is 16.0 Å². The van der Waals surface area contributed by atoms with Crippen LogP contribution in [0.15, 0.2) is 4.79 Å². The lowest BCUT2D eigenvalue weighted by molar-refractivity contribution is -0.0611. The van der Waals surface area contributed by atoms with Gasteiger partial charge >= 0.3 is 29.5 Å². The van der Waals surface area contributed by atoms with E-state index in [0.29, 0.717) is 22.2 Å². The molecule has 37 heavy (non-hydrogen) atoms. The fourth-order valence-corrected chi connectivity index (χ4v) is 6.29. The molecule has 2 aromatic rings. The lowest BCUT2D eigenvalue weighted by Crippen LogP contribution is -2.38. The summed E-state index contributed by atoms with van der Waals surface area (Å²) in [5.41, 5.74) is 4.02. The zero-order chi connectivity index (χ0) is 27.9. The van der Waals surface area contributed by atoms with E-state index in [2.05, 4.69) is 28.6 Å². The lowest BCUT2D eigenvalue weighted by atomic mass is 10.1. The smallest absolute Gasteiger partial charge is 0.387 e. The number of ether oxygens (including phenoxy) is 1. The normalized spacial score (nSPS) is 25.7. The molecule has 0 spiro atoms. The second-order valence-electron chi connectivity index (χ2n) is 7.42. The molecule has 6 unspecified atom stereocenters. The number of phosphoric ester groups is 1. The van der Waals surface area contributed by atoms with Gasteiger partial charge < -0.3 is 40.3 Å². The Bertz CT molecular complexity index is 1390. The van der Waals surface area contributed by atoms with Crippen molar-refractivity contribution >= 4 is 40.5 Å². The molecule has 3 rings (SSSR count). The summed E-state index contributed by atoms with van der Waals surface area (Å²) in [6.45, 7) is 0.680. The highest BCUT2D eigenvalue weighted by Gasteiger charge is 2.47.